The molecule has 0 fully saturated rings. The van der Waals surface area contributed by atoms with E-state index in [1.807, 2.05) is 6.92 Å². The summed E-state index contributed by atoms with van der Waals surface area (Å²) in [6.07, 6.45) is 1.54. The quantitative estimate of drug-likeness (QED) is 0.763. The van der Waals surface area contributed by atoms with Gasteiger partial charge in [0.15, 0.2) is 5.52 Å². The van der Waals surface area contributed by atoms with Crippen LogP contribution in [0.2, 0.25) is 0 Å². The van der Waals surface area contributed by atoms with Crippen LogP contribution in [0.3, 0.4) is 0 Å². The third-order valence-corrected chi connectivity index (χ3v) is 2.97. The highest BCUT2D eigenvalue weighted by Crippen LogP contribution is 2.17. The number of hydrogen-bond acceptors (Lipinski definition) is 3. The van der Waals surface area contributed by atoms with Crippen molar-refractivity contribution in [3.05, 3.63) is 21.3 Å². The van der Waals surface area contributed by atoms with Gasteiger partial charge in [0.05, 0.1) is 6.33 Å². The summed E-state index contributed by atoms with van der Waals surface area (Å²) in [6.45, 7) is 2.50. The van der Waals surface area contributed by atoms with Gasteiger partial charge < -0.3 is 0 Å². The molecule has 0 N–H and O–H groups in total. The lowest BCUT2D eigenvalue weighted by Crippen LogP contribution is -2.19. The molecule has 0 aliphatic rings. The molecule has 0 spiro atoms. The van der Waals surface area contributed by atoms with Crippen molar-refractivity contribution in [3.63, 3.8) is 0 Å². The normalized spacial score (nSPS) is 11.1. The fourth-order valence-electron chi connectivity index (χ4n) is 1.29. The van der Waals surface area contributed by atoms with E-state index in [1.54, 1.807) is 11.7 Å². The molecular weight excluding hydrogens is 248 g/mol. The van der Waals surface area contributed by atoms with Crippen LogP contribution in [0.25, 0.3) is 11.0 Å². The molecule has 14 heavy (non-hydrogen) atoms. The SMILES string of the molecule is CCn1cnc2c(Br)n(C)nc2c1=O. The lowest BCUT2D eigenvalue weighted by Gasteiger charge is -1.97. The molecule has 2 rings (SSSR count). The predicted octanol–water partition coefficient (Wildman–Crippen LogP) is 0.912. The van der Waals surface area contributed by atoms with Crippen molar-refractivity contribution in [1.82, 2.24) is 19.3 Å². The molecule has 0 saturated carbocycles. The van der Waals surface area contributed by atoms with Crippen molar-refractivity contribution in [3.8, 4) is 0 Å². The Morgan fingerprint density at radius 2 is 2.21 bits per heavy atom. The maximum Gasteiger partial charge on any atom is 0.281 e. The van der Waals surface area contributed by atoms with Gasteiger partial charge in [-0.15, -0.1) is 0 Å². The minimum absolute atomic E-state index is 0.0983. The molecule has 2 aromatic heterocycles. The maximum atomic E-state index is 11.8. The Balaban J connectivity index is 2.91. The monoisotopic (exact) mass is 256 g/mol. The summed E-state index contributed by atoms with van der Waals surface area (Å²) < 4.78 is 3.86. The summed E-state index contributed by atoms with van der Waals surface area (Å²) in [6, 6.07) is 0. The molecule has 5 nitrogen and oxygen atoms in total. The van der Waals surface area contributed by atoms with E-state index in [9.17, 15) is 4.79 Å². The van der Waals surface area contributed by atoms with Crippen LogP contribution < -0.4 is 5.56 Å². The maximum absolute atomic E-state index is 11.8. The van der Waals surface area contributed by atoms with Crippen LogP contribution in [-0.2, 0) is 13.6 Å². The van der Waals surface area contributed by atoms with Crippen LogP contribution in [0.15, 0.2) is 15.7 Å². The average Bonchev–Trinajstić information content (AvgIpc) is 2.46. The molecule has 0 aliphatic carbocycles. The highest BCUT2D eigenvalue weighted by Gasteiger charge is 2.11. The van der Waals surface area contributed by atoms with Crippen molar-refractivity contribution >= 4 is 27.0 Å². The Bertz CT molecular complexity index is 542. The van der Waals surface area contributed by atoms with Gasteiger partial charge in [0.1, 0.15) is 10.1 Å². The molecule has 2 heterocycles. The summed E-state index contributed by atoms with van der Waals surface area (Å²) in [5.41, 5.74) is 0.921. The number of fused-ring (bicyclic) bond motifs is 1. The second-order valence-electron chi connectivity index (χ2n) is 2.95. The minimum Gasteiger partial charge on any atom is -0.298 e. The van der Waals surface area contributed by atoms with Gasteiger partial charge in [-0.25, -0.2) is 4.98 Å². The predicted molar refractivity (Wildman–Crippen MR) is 56.1 cm³/mol. The summed E-state index contributed by atoms with van der Waals surface area (Å²) >= 11 is 3.32. The van der Waals surface area contributed by atoms with E-state index >= 15 is 0 Å². The van der Waals surface area contributed by atoms with Crippen LogP contribution in [0.5, 0.6) is 0 Å². The molecule has 0 atom stereocenters. The summed E-state index contributed by atoms with van der Waals surface area (Å²) in [5.74, 6) is 0. The fraction of sp³-hybridized carbons (Fsp3) is 0.375. The van der Waals surface area contributed by atoms with Crippen molar-refractivity contribution in [2.75, 3.05) is 0 Å². The Morgan fingerprint density at radius 1 is 1.50 bits per heavy atom. The molecule has 0 saturated heterocycles. The molecule has 0 aromatic carbocycles. The number of halogens is 1. The largest absolute Gasteiger partial charge is 0.298 e. The van der Waals surface area contributed by atoms with Gasteiger partial charge in [0, 0.05) is 13.6 Å². The average molecular weight is 257 g/mol. The van der Waals surface area contributed by atoms with Gasteiger partial charge in [0.2, 0.25) is 0 Å². The van der Waals surface area contributed by atoms with Gasteiger partial charge >= 0.3 is 0 Å². The first-order chi connectivity index (χ1) is 6.65. The summed E-state index contributed by atoms with van der Waals surface area (Å²) in [7, 11) is 1.77. The van der Waals surface area contributed by atoms with Crippen LogP contribution in [0.1, 0.15) is 6.92 Å². The second kappa shape index (κ2) is 3.20. The molecule has 0 unspecified atom stereocenters. The molecule has 0 bridgehead atoms. The van der Waals surface area contributed by atoms with Crippen molar-refractivity contribution in [2.24, 2.45) is 7.05 Å². The molecule has 0 aliphatic heterocycles. The van der Waals surface area contributed by atoms with Gasteiger partial charge in [-0.05, 0) is 22.9 Å². The zero-order chi connectivity index (χ0) is 10.3. The van der Waals surface area contributed by atoms with Crippen LogP contribution >= 0.6 is 15.9 Å². The number of hydrogen-bond donors (Lipinski definition) is 0. The highest BCUT2D eigenvalue weighted by atomic mass is 79.9. The van der Waals surface area contributed by atoms with Crippen LogP contribution in [0.4, 0.5) is 0 Å². The Labute approximate surface area is 88.5 Å². The minimum atomic E-state index is -0.0983. The van der Waals surface area contributed by atoms with E-state index < -0.39 is 0 Å². The summed E-state index contributed by atoms with van der Waals surface area (Å²) in [4.78, 5) is 15.9. The van der Waals surface area contributed by atoms with Gasteiger partial charge in [-0.3, -0.25) is 14.0 Å². The number of nitrogens with zero attached hydrogens (tertiary/aromatic N) is 4. The fourth-order valence-corrected chi connectivity index (χ4v) is 1.66. The van der Waals surface area contributed by atoms with Gasteiger partial charge in [-0.2, -0.15) is 5.10 Å². The standard InChI is InChI=1S/C8H9BrN4O/c1-3-13-4-10-5-6(8(13)14)11-12(2)7(5)9/h4H,3H2,1-2H3. The molecular formula is C8H9BrN4O. The molecule has 2 aromatic rings. The van der Waals surface area contributed by atoms with E-state index in [4.69, 9.17) is 0 Å². The van der Waals surface area contributed by atoms with Gasteiger partial charge in [0.25, 0.3) is 5.56 Å². The van der Waals surface area contributed by atoms with Crippen molar-refractivity contribution in [2.45, 2.75) is 13.5 Å². The first-order valence-electron chi connectivity index (χ1n) is 4.22. The van der Waals surface area contributed by atoms with Crippen molar-refractivity contribution < 1.29 is 0 Å². The highest BCUT2D eigenvalue weighted by molar-refractivity contribution is 9.10. The number of rotatable bonds is 1. The third-order valence-electron chi connectivity index (χ3n) is 2.08. The number of aryl methyl sites for hydroxylation is 2. The van der Waals surface area contributed by atoms with Crippen LogP contribution in [0, 0.1) is 0 Å². The Hall–Kier alpha value is -1.17. The lowest BCUT2D eigenvalue weighted by molar-refractivity contribution is 0.712. The van der Waals surface area contributed by atoms with Crippen LogP contribution in [-0.4, -0.2) is 19.3 Å². The smallest absolute Gasteiger partial charge is 0.281 e. The molecule has 0 radical (unpaired) electrons. The lowest BCUT2D eigenvalue weighted by atomic mass is 10.4. The van der Waals surface area contributed by atoms with E-state index in [0.717, 1.165) is 4.60 Å². The Kier molecular flexibility index (Phi) is 2.14. The van der Waals surface area contributed by atoms with E-state index in [2.05, 4.69) is 26.0 Å². The van der Waals surface area contributed by atoms with Gasteiger partial charge in [-0.1, -0.05) is 0 Å². The summed E-state index contributed by atoms with van der Waals surface area (Å²) in [5, 5.41) is 4.09. The zero-order valence-corrected chi connectivity index (χ0v) is 9.45. The third kappa shape index (κ3) is 1.18. The van der Waals surface area contributed by atoms with E-state index in [-0.39, 0.29) is 5.56 Å². The van der Waals surface area contributed by atoms with E-state index in [0.29, 0.717) is 17.6 Å². The Morgan fingerprint density at radius 3 is 2.86 bits per heavy atom. The molecule has 0 amide bonds. The number of aromatic nitrogens is 4. The second-order valence-corrected chi connectivity index (χ2v) is 3.70. The topological polar surface area (TPSA) is 52.7 Å². The zero-order valence-electron chi connectivity index (χ0n) is 7.86. The first-order valence-corrected chi connectivity index (χ1v) is 5.02. The van der Waals surface area contributed by atoms with E-state index in [1.165, 1.54) is 10.9 Å². The van der Waals surface area contributed by atoms with Crippen molar-refractivity contribution in [1.29, 1.82) is 0 Å². The molecule has 74 valence electrons. The molecule has 6 heteroatoms. The first kappa shape index (κ1) is 9.39.